The van der Waals surface area contributed by atoms with Gasteiger partial charge in [0, 0.05) is 16.1 Å². The normalized spacial score (nSPS) is 25.9. The molecule has 7 heteroatoms. The highest BCUT2D eigenvalue weighted by molar-refractivity contribution is 7.95. The van der Waals surface area contributed by atoms with Crippen molar-refractivity contribution in [3.05, 3.63) is 56.5 Å². The van der Waals surface area contributed by atoms with Crippen LogP contribution in [0.1, 0.15) is 11.1 Å². The number of benzene rings is 1. The minimum Gasteiger partial charge on any atom is -0.360 e. The predicted molar refractivity (Wildman–Crippen MR) is 70.8 cm³/mol. The summed E-state index contributed by atoms with van der Waals surface area (Å²) in [6.07, 6.45) is 1.14. The third-order valence-corrected chi connectivity index (χ3v) is 5.30. The Labute approximate surface area is 114 Å². The van der Waals surface area contributed by atoms with Crippen molar-refractivity contribution in [2.24, 2.45) is 0 Å². The highest BCUT2D eigenvalue weighted by Crippen LogP contribution is 2.56. The summed E-state index contributed by atoms with van der Waals surface area (Å²) in [6, 6.07) is 7.44. The van der Waals surface area contributed by atoms with Crippen molar-refractivity contribution < 1.29 is 18.1 Å². The van der Waals surface area contributed by atoms with Crippen LogP contribution in [0.2, 0.25) is 0 Å². The van der Waals surface area contributed by atoms with Gasteiger partial charge in [0.1, 0.15) is 12.2 Å². The predicted octanol–water partition coefficient (Wildman–Crippen LogP) is 1.22. The molecule has 3 aliphatic rings. The third kappa shape index (κ3) is 1.44. The molecular weight excluding hydrogens is 282 g/mol. The Kier molecular flexibility index (Phi) is 2.10. The number of allylic oxidation sites excluding steroid dienone is 1. The van der Waals surface area contributed by atoms with E-state index in [2.05, 4.69) is 0 Å². The fourth-order valence-electron chi connectivity index (χ4n) is 2.90. The van der Waals surface area contributed by atoms with Gasteiger partial charge in [-0.2, -0.15) is 0 Å². The Hall–Kier alpha value is -1.99. The number of sulfone groups is 1. The molecule has 0 spiro atoms. The van der Waals surface area contributed by atoms with Crippen LogP contribution >= 0.6 is 0 Å². The van der Waals surface area contributed by atoms with Crippen LogP contribution in [-0.2, 0) is 14.6 Å². The molecule has 4 rings (SSSR count). The molecule has 1 aromatic carbocycles. The quantitative estimate of drug-likeness (QED) is 0.474. The summed E-state index contributed by atoms with van der Waals surface area (Å²) in [5.74, 6) is -1.09. The fraction of sp³-hybridized carbons (Fsp3) is 0.231. The topological polar surface area (TPSA) is 89.8 Å². The second kappa shape index (κ2) is 3.56. The highest BCUT2D eigenvalue weighted by Gasteiger charge is 2.52. The zero-order valence-corrected chi connectivity index (χ0v) is 11.0. The molecule has 0 radical (unpaired) electrons. The van der Waals surface area contributed by atoms with Gasteiger partial charge in [-0.25, -0.2) is 8.42 Å². The van der Waals surface area contributed by atoms with E-state index in [0.717, 1.165) is 16.7 Å². The number of ether oxygens (including phenoxy) is 1. The zero-order chi connectivity index (χ0) is 14.1. The van der Waals surface area contributed by atoms with Gasteiger partial charge in [-0.15, -0.1) is 0 Å². The molecule has 2 aliphatic carbocycles. The summed E-state index contributed by atoms with van der Waals surface area (Å²) in [7, 11) is -3.94. The largest absolute Gasteiger partial charge is 0.360 e. The van der Waals surface area contributed by atoms with E-state index in [1.807, 2.05) is 24.3 Å². The second-order valence-electron chi connectivity index (χ2n) is 4.96. The number of rotatable bonds is 3. The lowest BCUT2D eigenvalue weighted by Crippen LogP contribution is -2.24. The Morgan fingerprint density at radius 2 is 1.95 bits per heavy atom. The lowest BCUT2D eigenvalue weighted by atomic mass is 9.76. The molecule has 2 atom stereocenters. The molecule has 1 aromatic rings. The number of nitro groups is 1. The molecule has 0 N–H and O–H groups in total. The van der Waals surface area contributed by atoms with E-state index in [-0.39, 0.29) is 17.1 Å². The number of epoxide rings is 1. The Morgan fingerprint density at radius 3 is 2.65 bits per heavy atom. The smallest absolute Gasteiger partial charge is 0.305 e. The van der Waals surface area contributed by atoms with Crippen molar-refractivity contribution in [3.63, 3.8) is 0 Å². The molecule has 1 saturated heterocycles. The van der Waals surface area contributed by atoms with Gasteiger partial charge >= 0.3 is 5.88 Å². The van der Waals surface area contributed by atoms with Gasteiger partial charge in [-0.05, 0) is 17.2 Å². The monoisotopic (exact) mass is 291 g/mol. The molecule has 1 fully saturated rings. The van der Waals surface area contributed by atoms with Gasteiger partial charge < -0.3 is 4.74 Å². The minimum atomic E-state index is -3.94. The highest BCUT2D eigenvalue weighted by atomic mass is 32.2. The summed E-state index contributed by atoms with van der Waals surface area (Å²) >= 11 is 0. The Balaban J connectivity index is 1.85. The minimum absolute atomic E-state index is 0.0432. The number of nitrogens with zero attached hydrogens (tertiary/aromatic N) is 1. The van der Waals surface area contributed by atoms with E-state index in [9.17, 15) is 18.5 Å². The van der Waals surface area contributed by atoms with E-state index in [4.69, 9.17) is 4.74 Å². The van der Waals surface area contributed by atoms with E-state index < -0.39 is 20.6 Å². The maximum absolute atomic E-state index is 12.2. The van der Waals surface area contributed by atoms with Crippen molar-refractivity contribution in [2.75, 3.05) is 5.88 Å². The van der Waals surface area contributed by atoms with E-state index in [1.54, 1.807) is 0 Å². The number of fused-ring (bicyclic) bond motifs is 5. The summed E-state index contributed by atoms with van der Waals surface area (Å²) < 4.78 is 29.8. The molecule has 1 aliphatic heterocycles. The van der Waals surface area contributed by atoms with Crippen molar-refractivity contribution in [1.82, 2.24) is 0 Å². The van der Waals surface area contributed by atoms with Gasteiger partial charge in [-0.1, -0.05) is 24.3 Å². The van der Waals surface area contributed by atoms with Crippen molar-refractivity contribution >= 4 is 21.0 Å². The van der Waals surface area contributed by atoms with Crippen LogP contribution in [0.4, 0.5) is 0 Å². The van der Waals surface area contributed by atoms with Crippen LogP contribution in [0.5, 0.6) is 0 Å². The van der Waals surface area contributed by atoms with Crippen LogP contribution in [0.25, 0.3) is 11.1 Å². The Morgan fingerprint density at radius 1 is 1.25 bits per heavy atom. The summed E-state index contributed by atoms with van der Waals surface area (Å²) in [4.78, 5) is 9.78. The first-order valence-corrected chi connectivity index (χ1v) is 7.70. The summed E-state index contributed by atoms with van der Waals surface area (Å²) in [5, 5.41) is 10.6. The van der Waals surface area contributed by atoms with Crippen LogP contribution in [0.3, 0.4) is 0 Å². The molecule has 0 aromatic heterocycles. The van der Waals surface area contributed by atoms with Crippen molar-refractivity contribution in [1.29, 1.82) is 0 Å². The average Bonchev–Trinajstić information content (AvgIpc) is 3.09. The molecule has 1 heterocycles. The number of hydrogen-bond acceptors (Lipinski definition) is 5. The third-order valence-electron chi connectivity index (χ3n) is 3.74. The van der Waals surface area contributed by atoms with Crippen molar-refractivity contribution in [2.45, 2.75) is 12.2 Å². The van der Waals surface area contributed by atoms with Crippen molar-refractivity contribution in [3.8, 4) is 0 Å². The van der Waals surface area contributed by atoms with Gasteiger partial charge in [0.05, 0.1) is 4.91 Å². The van der Waals surface area contributed by atoms with Gasteiger partial charge in [-0.3, -0.25) is 10.1 Å². The number of hydrogen-bond donors (Lipinski definition) is 0. The fourth-order valence-corrected chi connectivity index (χ4v) is 4.19. The van der Waals surface area contributed by atoms with Gasteiger partial charge in [0.25, 0.3) is 0 Å². The molecule has 20 heavy (non-hydrogen) atoms. The Bertz CT molecular complexity index is 821. The molecule has 0 saturated carbocycles. The van der Waals surface area contributed by atoms with E-state index in [0.29, 0.717) is 5.57 Å². The van der Waals surface area contributed by atoms with Crippen LogP contribution < -0.4 is 0 Å². The van der Waals surface area contributed by atoms with E-state index >= 15 is 0 Å². The summed E-state index contributed by atoms with van der Waals surface area (Å²) in [6.45, 7) is 0. The average molecular weight is 291 g/mol. The molecule has 2 unspecified atom stereocenters. The standard InChI is InChI=1S/C13H9NO5S/c15-14(16)6-20(17,18)10-5-9-13(19-9)12-8-4-2-1-3-7(8)11(10)12/h1-5,9,13H,6H2. The summed E-state index contributed by atoms with van der Waals surface area (Å²) in [5.41, 5.74) is 3.28. The molecule has 0 bridgehead atoms. The van der Waals surface area contributed by atoms with Crippen LogP contribution in [0.15, 0.2) is 35.2 Å². The van der Waals surface area contributed by atoms with Crippen LogP contribution in [0, 0.1) is 10.1 Å². The molecule has 6 nitrogen and oxygen atoms in total. The lowest BCUT2D eigenvalue weighted by Gasteiger charge is -2.30. The second-order valence-corrected chi connectivity index (χ2v) is 6.89. The zero-order valence-electron chi connectivity index (χ0n) is 10.1. The van der Waals surface area contributed by atoms with Gasteiger partial charge in [0.15, 0.2) is 0 Å². The van der Waals surface area contributed by atoms with E-state index in [1.165, 1.54) is 6.08 Å². The maximum Gasteiger partial charge on any atom is 0.305 e. The van der Waals surface area contributed by atoms with Crippen LogP contribution in [-0.4, -0.2) is 31.4 Å². The van der Waals surface area contributed by atoms with Gasteiger partial charge in [0.2, 0.25) is 9.84 Å². The molecule has 0 amide bonds. The first kappa shape index (κ1) is 11.8. The lowest BCUT2D eigenvalue weighted by molar-refractivity contribution is -0.458. The first-order valence-electron chi connectivity index (χ1n) is 6.05. The first-order chi connectivity index (χ1) is 9.49. The molecular formula is C13H9NO5S. The SMILES string of the molecule is O=[N+]([O-])CS(=O)(=O)C1=CC2OC2C2=C1c1ccccc12. The maximum atomic E-state index is 12.2. The molecule has 102 valence electrons.